The zero-order chi connectivity index (χ0) is 23.9. The molecule has 0 unspecified atom stereocenters. The SMILES string of the molecule is CCOc1ccc2c(c1)-c1c(ssc1=Nc1ccc(S(=O)(=O)Nc3nccs3)cc1)C(C)(C)N2. The molecule has 3 heterocycles. The topological polar surface area (TPSA) is 92.7 Å². The van der Waals surface area contributed by atoms with Crippen molar-refractivity contribution in [2.24, 2.45) is 4.99 Å². The molecular formula is C23H22N4O3S4. The van der Waals surface area contributed by atoms with Gasteiger partial charge in [-0.3, -0.25) is 4.72 Å². The van der Waals surface area contributed by atoms with Crippen molar-refractivity contribution in [3.8, 4) is 16.9 Å². The molecule has 34 heavy (non-hydrogen) atoms. The highest BCUT2D eigenvalue weighted by atomic mass is 32.9. The van der Waals surface area contributed by atoms with Gasteiger partial charge in [0, 0.05) is 28.4 Å². The van der Waals surface area contributed by atoms with Gasteiger partial charge in [-0.15, -0.1) is 11.3 Å². The fourth-order valence-corrected chi connectivity index (χ4v) is 8.47. The van der Waals surface area contributed by atoms with Crippen molar-refractivity contribution in [1.29, 1.82) is 0 Å². The van der Waals surface area contributed by atoms with Gasteiger partial charge in [0.15, 0.2) is 5.13 Å². The standard InChI is InChI=1S/C23H22N4O3S4/c1-4-30-15-7-10-18-17(13-15)19-20(23(2,3)26-18)32-33-21(19)25-14-5-8-16(9-6-14)34(28,29)27-22-24-11-12-31-22/h5-13,26H,4H2,1-3H3,(H,24,27). The molecule has 0 spiro atoms. The first-order chi connectivity index (χ1) is 16.3. The molecule has 5 rings (SSSR count). The Morgan fingerprint density at radius 3 is 2.65 bits per heavy atom. The van der Waals surface area contributed by atoms with E-state index >= 15 is 0 Å². The first-order valence-corrected chi connectivity index (χ1v) is 15.0. The van der Waals surface area contributed by atoms with Gasteiger partial charge in [0.05, 0.1) is 27.6 Å². The predicted octanol–water partition coefficient (Wildman–Crippen LogP) is 6.03. The first-order valence-electron chi connectivity index (χ1n) is 10.5. The van der Waals surface area contributed by atoms with Crippen LogP contribution in [-0.2, 0) is 15.6 Å². The monoisotopic (exact) mass is 530 g/mol. The van der Waals surface area contributed by atoms with Crippen LogP contribution in [0.3, 0.4) is 0 Å². The molecule has 0 fully saturated rings. The molecule has 0 saturated carbocycles. The van der Waals surface area contributed by atoms with Crippen LogP contribution in [0.4, 0.5) is 16.5 Å². The number of benzene rings is 2. The van der Waals surface area contributed by atoms with E-state index in [1.54, 1.807) is 56.5 Å². The second-order valence-electron chi connectivity index (χ2n) is 8.11. The Labute approximate surface area is 209 Å². The fraction of sp³-hybridized carbons (Fsp3) is 0.217. The minimum absolute atomic E-state index is 0.162. The molecule has 0 saturated heterocycles. The predicted molar refractivity (Wildman–Crippen MR) is 140 cm³/mol. The van der Waals surface area contributed by atoms with Crippen molar-refractivity contribution >= 4 is 58.5 Å². The lowest BCUT2D eigenvalue weighted by Gasteiger charge is -2.33. The van der Waals surface area contributed by atoms with Crippen LogP contribution in [0.2, 0.25) is 0 Å². The number of fused-ring (bicyclic) bond motifs is 3. The Bertz CT molecular complexity index is 1500. The van der Waals surface area contributed by atoms with E-state index in [1.165, 1.54) is 16.2 Å². The maximum absolute atomic E-state index is 12.6. The average Bonchev–Trinajstić information content (AvgIpc) is 3.45. The smallest absolute Gasteiger partial charge is 0.263 e. The lowest BCUT2D eigenvalue weighted by molar-refractivity contribution is 0.340. The second-order valence-corrected chi connectivity index (χ2v) is 12.8. The van der Waals surface area contributed by atoms with Crippen LogP contribution >= 0.6 is 32.0 Å². The molecule has 0 atom stereocenters. The second kappa shape index (κ2) is 8.81. The molecule has 0 aliphatic carbocycles. The first kappa shape index (κ1) is 23.0. The molecule has 2 aromatic carbocycles. The van der Waals surface area contributed by atoms with Crippen LogP contribution in [0.15, 0.2) is 63.9 Å². The molecule has 0 bridgehead atoms. The van der Waals surface area contributed by atoms with Crippen molar-refractivity contribution in [2.75, 3.05) is 16.6 Å². The van der Waals surface area contributed by atoms with Crippen molar-refractivity contribution < 1.29 is 13.2 Å². The van der Waals surface area contributed by atoms with Gasteiger partial charge in [-0.2, -0.15) is 0 Å². The number of hydrogen-bond acceptors (Lipinski definition) is 9. The quantitative estimate of drug-likeness (QED) is 0.297. The Balaban J connectivity index is 1.54. The number of aromatic nitrogens is 1. The zero-order valence-corrected chi connectivity index (χ0v) is 21.9. The fourth-order valence-electron chi connectivity index (χ4n) is 3.74. The van der Waals surface area contributed by atoms with Crippen LogP contribution in [-0.4, -0.2) is 20.0 Å². The van der Waals surface area contributed by atoms with Crippen LogP contribution in [0, 0.1) is 0 Å². The number of nitrogens with one attached hydrogen (secondary N) is 2. The minimum atomic E-state index is -3.70. The number of thiazole rings is 1. The summed E-state index contributed by atoms with van der Waals surface area (Å²) in [6, 6.07) is 12.6. The highest BCUT2D eigenvalue weighted by Gasteiger charge is 2.33. The summed E-state index contributed by atoms with van der Waals surface area (Å²) in [4.78, 5) is 10.2. The van der Waals surface area contributed by atoms with E-state index in [-0.39, 0.29) is 10.4 Å². The van der Waals surface area contributed by atoms with Gasteiger partial charge in [-0.05, 0) is 63.2 Å². The van der Waals surface area contributed by atoms with E-state index in [0.717, 1.165) is 27.2 Å². The van der Waals surface area contributed by atoms with Gasteiger partial charge < -0.3 is 10.1 Å². The molecule has 4 aromatic rings. The van der Waals surface area contributed by atoms with Gasteiger partial charge in [0.25, 0.3) is 10.0 Å². The summed E-state index contributed by atoms with van der Waals surface area (Å²) in [6.07, 6.45) is 1.56. The van der Waals surface area contributed by atoms with Crippen LogP contribution in [0.25, 0.3) is 11.1 Å². The van der Waals surface area contributed by atoms with Gasteiger partial charge in [-0.1, -0.05) is 20.7 Å². The molecule has 1 aliphatic heterocycles. The summed E-state index contributed by atoms with van der Waals surface area (Å²) < 4.78 is 34.4. The molecule has 11 heteroatoms. The maximum atomic E-state index is 12.6. The van der Waals surface area contributed by atoms with E-state index in [0.29, 0.717) is 17.4 Å². The van der Waals surface area contributed by atoms with Crippen LogP contribution in [0.5, 0.6) is 5.75 Å². The molecule has 2 aromatic heterocycles. The molecule has 2 N–H and O–H groups in total. The van der Waals surface area contributed by atoms with E-state index in [9.17, 15) is 8.42 Å². The molecular weight excluding hydrogens is 509 g/mol. The number of sulfonamides is 1. The Hall–Kier alpha value is -2.73. The van der Waals surface area contributed by atoms with Gasteiger partial charge in [0.1, 0.15) is 10.4 Å². The third-order valence-electron chi connectivity index (χ3n) is 5.26. The number of nitrogens with zero attached hydrogens (tertiary/aromatic N) is 2. The number of hydrogen-bond donors (Lipinski definition) is 2. The number of anilines is 2. The highest BCUT2D eigenvalue weighted by molar-refractivity contribution is 7.93. The van der Waals surface area contributed by atoms with E-state index in [1.807, 2.05) is 19.1 Å². The van der Waals surface area contributed by atoms with Crippen molar-refractivity contribution in [3.05, 3.63) is 63.6 Å². The van der Waals surface area contributed by atoms with Crippen molar-refractivity contribution in [2.45, 2.75) is 31.2 Å². The Morgan fingerprint density at radius 2 is 1.94 bits per heavy atom. The molecule has 1 aliphatic rings. The summed E-state index contributed by atoms with van der Waals surface area (Å²) in [7, 11) is -0.385. The molecule has 0 amide bonds. The Kier molecular flexibility index (Phi) is 5.96. The highest BCUT2D eigenvalue weighted by Crippen LogP contribution is 2.46. The van der Waals surface area contributed by atoms with E-state index < -0.39 is 10.0 Å². The Morgan fingerprint density at radius 1 is 1.15 bits per heavy atom. The third kappa shape index (κ3) is 4.36. The summed E-state index contributed by atoms with van der Waals surface area (Å²) in [5.74, 6) is 0.818. The normalized spacial score (nSPS) is 14.7. The molecule has 176 valence electrons. The minimum Gasteiger partial charge on any atom is -0.494 e. The van der Waals surface area contributed by atoms with Gasteiger partial charge >= 0.3 is 0 Å². The summed E-state index contributed by atoms with van der Waals surface area (Å²) in [5.41, 5.74) is 3.64. The zero-order valence-electron chi connectivity index (χ0n) is 18.7. The van der Waals surface area contributed by atoms with Gasteiger partial charge in [-0.25, -0.2) is 18.4 Å². The molecule has 7 nitrogen and oxygen atoms in total. The van der Waals surface area contributed by atoms with Crippen LogP contribution < -0.4 is 19.4 Å². The van der Waals surface area contributed by atoms with E-state index in [2.05, 4.69) is 34.9 Å². The lowest BCUT2D eigenvalue weighted by Crippen LogP contribution is -2.31. The maximum Gasteiger partial charge on any atom is 0.263 e. The van der Waals surface area contributed by atoms with Crippen molar-refractivity contribution in [3.63, 3.8) is 0 Å². The van der Waals surface area contributed by atoms with Crippen molar-refractivity contribution in [1.82, 2.24) is 4.98 Å². The summed E-state index contributed by atoms with van der Waals surface area (Å²) >= 11 is 1.23. The van der Waals surface area contributed by atoms with Gasteiger partial charge in [0.2, 0.25) is 0 Å². The number of ether oxygens (including phenoxy) is 1. The third-order valence-corrected chi connectivity index (χ3v) is 10.1. The molecule has 0 radical (unpaired) electrons. The van der Waals surface area contributed by atoms with Crippen LogP contribution in [0.1, 0.15) is 25.6 Å². The summed E-state index contributed by atoms with van der Waals surface area (Å²) in [5, 5.41) is 5.68. The lowest BCUT2D eigenvalue weighted by atomic mass is 9.90. The summed E-state index contributed by atoms with van der Waals surface area (Å²) in [6.45, 7) is 6.89. The average molecular weight is 531 g/mol. The number of rotatable bonds is 6. The van der Waals surface area contributed by atoms with E-state index in [4.69, 9.17) is 9.73 Å². The largest absolute Gasteiger partial charge is 0.494 e.